The molecule has 4 saturated carbocycles. The lowest BCUT2D eigenvalue weighted by atomic mass is 9.32. The fourth-order valence-corrected chi connectivity index (χ4v) is 11.0. The highest BCUT2D eigenvalue weighted by Gasteiger charge is 2.68. The minimum atomic E-state index is 0.294. The summed E-state index contributed by atoms with van der Waals surface area (Å²) >= 11 is 0. The molecule has 0 heterocycles. The molecule has 5 aliphatic rings. The molecule has 0 N–H and O–H groups in total. The van der Waals surface area contributed by atoms with Gasteiger partial charge in [-0.2, -0.15) is 0 Å². The zero-order valence-electron chi connectivity index (χ0n) is 22.9. The Balaban J connectivity index is 1.55. The largest absolute Gasteiger partial charge is 0.381 e. The van der Waals surface area contributed by atoms with E-state index in [9.17, 15) is 0 Å². The van der Waals surface area contributed by atoms with Crippen LogP contribution in [0.25, 0.3) is 0 Å². The zero-order valence-corrected chi connectivity index (χ0v) is 22.9. The van der Waals surface area contributed by atoms with Gasteiger partial charge >= 0.3 is 0 Å². The van der Waals surface area contributed by atoms with Gasteiger partial charge in [0.05, 0.1) is 6.10 Å². The zero-order chi connectivity index (χ0) is 23.4. The quantitative estimate of drug-likeness (QED) is 0.370. The van der Waals surface area contributed by atoms with Crippen LogP contribution >= 0.6 is 0 Å². The third kappa shape index (κ3) is 2.85. The predicted octanol–water partition coefficient (Wildman–Crippen LogP) is 8.82. The van der Waals surface area contributed by atoms with Crippen molar-refractivity contribution in [1.82, 2.24) is 0 Å². The molecule has 0 spiro atoms. The normalized spacial score (nSPS) is 53.8. The molecule has 182 valence electrons. The summed E-state index contributed by atoms with van der Waals surface area (Å²) in [5, 5.41) is 0. The van der Waals surface area contributed by atoms with Crippen LogP contribution in [0.1, 0.15) is 120 Å². The maximum Gasteiger partial charge on any atom is 0.0625 e. The average molecular weight is 441 g/mol. The molecule has 0 aliphatic heterocycles. The van der Waals surface area contributed by atoms with Crippen molar-refractivity contribution in [3.05, 3.63) is 11.6 Å². The maximum atomic E-state index is 6.05. The van der Waals surface area contributed by atoms with Crippen molar-refractivity contribution in [2.24, 2.45) is 50.2 Å². The van der Waals surface area contributed by atoms with Gasteiger partial charge < -0.3 is 4.74 Å². The fraction of sp³-hybridized carbons (Fsp3) is 0.935. The van der Waals surface area contributed by atoms with E-state index < -0.39 is 0 Å². The summed E-state index contributed by atoms with van der Waals surface area (Å²) in [4.78, 5) is 0. The van der Waals surface area contributed by atoms with Crippen molar-refractivity contribution < 1.29 is 4.74 Å². The monoisotopic (exact) mass is 440 g/mol. The van der Waals surface area contributed by atoms with Gasteiger partial charge in [0.25, 0.3) is 0 Å². The Hall–Kier alpha value is -0.300. The Morgan fingerprint density at radius 1 is 0.688 bits per heavy atom. The molecule has 8 unspecified atom stereocenters. The van der Waals surface area contributed by atoms with Crippen LogP contribution in [-0.2, 0) is 4.74 Å². The van der Waals surface area contributed by atoms with E-state index in [-0.39, 0.29) is 0 Å². The van der Waals surface area contributed by atoms with Crippen LogP contribution in [0.2, 0.25) is 0 Å². The number of hydrogen-bond acceptors (Lipinski definition) is 1. The first-order valence-electron chi connectivity index (χ1n) is 14.0. The van der Waals surface area contributed by atoms with Crippen molar-refractivity contribution >= 4 is 0 Å². The van der Waals surface area contributed by atoms with E-state index in [1.54, 1.807) is 0 Å². The Morgan fingerprint density at radius 2 is 1.38 bits per heavy atom. The summed E-state index contributed by atoms with van der Waals surface area (Å²) in [7, 11) is 1.95. The van der Waals surface area contributed by atoms with Crippen LogP contribution < -0.4 is 0 Å². The van der Waals surface area contributed by atoms with Crippen molar-refractivity contribution in [1.29, 1.82) is 0 Å². The van der Waals surface area contributed by atoms with Gasteiger partial charge in [0, 0.05) is 7.11 Å². The van der Waals surface area contributed by atoms with Gasteiger partial charge in [0.15, 0.2) is 0 Å². The van der Waals surface area contributed by atoms with Gasteiger partial charge in [-0.3, -0.25) is 0 Å². The topological polar surface area (TPSA) is 9.23 Å². The summed E-state index contributed by atoms with van der Waals surface area (Å²) in [6.07, 6.45) is 17.2. The van der Waals surface area contributed by atoms with Crippen molar-refractivity contribution in [3.63, 3.8) is 0 Å². The summed E-state index contributed by atoms with van der Waals surface area (Å²) in [5.41, 5.74) is 4.45. The van der Waals surface area contributed by atoms with Gasteiger partial charge in [-0.1, -0.05) is 67.0 Å². The second-order valence-corrected chi connectivity index (χ2v) is 15.3. The van der Waals surface area contributed by atoms with E-state index in [0.29, 0.717) is 38.6 Å². The number of methoxy groups -OCH3 is 1. The van der Waals surface area contributed by atoms with Crippen molar-refractivity contribution in [2.75, 3.05) is 7.11 Å². The molecule has 4 fully saturated rings. The number of allylic oxidation sites excluding steroid dienone is 2. The second kappa shape index (κ2) is 6.89. The van der Waals surface area contributed by atoms with Crippen LogP contribution in [0.4, 0.5) is 0 Å². The molecule has 0 saturated heterocycles. The standard InChI is InChI=1S/C31H52O/c1-26(2)16-17-28(5)18-19-30(7)21(22(28)20-26)10-11-24-29(6)14-13-25(32-9)27(3,4)23(29)12-15-31(24,30)8/h20-21,23-25H,10-19H2,1-9H3. The molecule has 1 nitrogen and oxygen atoms in total. The molecule has 0 aromatic heterocycles. The first-order chi connectivity index (χ1) is 14.7. The molecule has 0 amide bonds. The van der Waals surface area contributed by atoms with Gasteiger partial charge in [-0.15, -0.1) is 0 Å². The molecular formula is C31H52O. The molecule has 0 radical (unpaired) electrons. The third-order valence-corrected chi connectivity index (χ3v) is 13.2. The van der Waals surface area contributed by atoms with Crippen molar-refractivity contribution in [3.8, 4) is 0 Å². The summed E-state index contributed by atoms with van der Waals surface area (Å²) in [6.45, 7) is 20.9. The minimum Gasteiger partial charge on any atom is -0.381 e. The number of ether oxygens (including phenoxy) is 1. The van der Waals surface area contributed by atoms with Gasteiger partial charge in [0.1, 0.15) is 0 Å². The first-order valence-corrected chi connectivity index (χ1v) is 14.0. The van der Waals surface area contributed by atoms with E-state index in [4.69, 9.17) is 4.74 Å². The SMILES string of the molecule is COC1CCC2(C)C(CCC3(C)C2CCC2C4=CC(C)(C)CCC4(C)CCC23C)C1(C)C. The third-order valence-electron chi connectivity index (χ3n) is 13.2. The lowest BCUT2D eigenvalue weighted by Gasteiger charge is -2.72. The first kappa shape index (κ1) is 23.4. The number of fused-ring (bicyclic) bond motifs is 7. The van der Waals surface area contributed by atoms with Gasteiger partial charge in [-0.05, 0) is 114 Å². The molecule has 0 aromatic carbocycles. The van der Waals surface area contributed by atoms with E-state index in [0.717, 1.165) is 17.8 Å². The van der Waals surface area contributed by atoms with Gasteiger partial charge in [-0.25, -0.2) is 0 Å². The van der Waals surface area contributed by atoms with E-state index in [1.165, 1.54) is 64.2 Å². The van der Waals surface area contributed by atoms with Crippen LogP contribution in [0, 0.1) is 50.2 Å². The highest BCUT2D eigenvalue weighted by Crippen LogP contribution is 2.76. The number of hydrogen-bond donors (Lipinski definition) is 0. The minimum absolute atomic E-state index is 0.294. The Labute approximate surface area is 199 Å². The Bertz CT molecular complexity index is 805. The fourth-order valence-electron chi connectivity index (χ4n) is 11.0. The maximum absolute atomic E-state index is 6.05. The van der Waals surface area contributed by atoms with Crippen molar-refractivity contribution in [2.45, 2.75) is 126 Å². The summed E-state index contributed by atoms with van der Waals surface area (Å²) in [6, 6.07) is 0. The number of rotatable bonds is 1. The molecule has 8 atom stereocenters. The van der Waals surface area contributed by atoms with Crippen LogP contribution in [-0.4, -0.2) is 13.2 Å². The van der Waals surface area contributed by atoms with E-state index in [2.05, 4.69) is 61.5 Å². The second-order valence-electron chi connectivity index (χ2n) is 15.3. The molecule has 5 aliphatic carbocycles. The summed E-state index contributed by atoms with van der Waals surface area (Å²) < 4.78 is 6.05. The van der Waals surface area contributed by atoms with E-state index in [1.807, 2.05) is 12.7 Å². The molecule has 1 heteroatoms. The Kier molecular flexibility index (Phi) is 5.05. The Morgan fingerprint density at radius 3 is 2.06 bits per heavy atom. The lowest BCUT2D eigenvalue weighted by Crippen LogP contribution is -2.65. The highest BCUT2D eigenvalue weighted by molar-refractivity contribution is 5.31. The van der Waals surface area contributed by atoms with Crippen LogP contribution in [0.5, 0.6) is 0 Å². The molecule has 0 bridgehead atoms. The highest BCUT2D eigenvalue weighted by atomic mass is 16.5. The molecular weight excluding hydrogens is 388 g/mol. The van der Waals surface area contributed by atoms with Crippen LogP contribution in [0.15, 0.2) is 11.6 Å². The molecule has 5 rings (SSSR count). The lowest BCUT2D eigenvalue weighted by molar-refractivity contribution is -0.231. The predicted molar refractivity (Wildman–Crippen MR) is 136 cm³/mol. The van der Waals surface area contributed by atoms with Crippen LogP contribution in [0.3, 0.4) is 0 Å². The molecule has 32 heavy (non-hydrogen) atoms. The molecule has 0 aromatic rings. The van der Waals surface area contributed by atoms with Gasteiger partial charge in [0.2, 0.25) is 0 Å². The smallest absolute Gasteiger partial charge is 0.0625 e. The average Bonchev–Trinajstić information content (AvgIpc) is 2.69. The van der Waals surface area contributed by atoms with E-state index >= 15 is 0 Å². The summed E-state index contributed by atoms with van der Waals surface area (Å²) in [5.74, 6) is 2.48.